The minimum atomic E-state index is -0.966. The van der Waals surface area contributed by atoms with Gasteiger partial charge in [-0.3, -0.25) is 4.79 Å². The van der Waals surface area contributed by atoms with Crippen molar-refractivity contribution in [2.75, 3.05) is 6.61 Å². The van der Waals surface area contributed by atoms with Gasteiger partial charge in [0.1, 0.15) is 11.6 Å². The lowest BCUT2D eigenvalue weighted by atomic mass is 9.91. The number of rotatable bonds is 7. The van der Waals surface area contributed by atoms with Gasteiger partial charge in [0.25, 0.3) is 0 Å². The molecular weight excluding hydrogens is 307 g/mol. The maximum absolute atomic E-state index is 13.8. The van der Waals surface area contributed by atoms with E-state index in [-0.39, 0.29) is 12.2 Å². The van der Waals surface area contributed by atoms with E-state index in [2.05, 4.69) is 13.8 Å². The van der Waals surface area contributed by atoms with Gasteiger partial charge >= 0.3 is 5.97 Å². The molecule has 2 aromatic carbocycles. The number of hydrogen-bond acceptors (Lipinski definition) is 2. The summed E-state index contributed by atoms with van der Waals surface area (Å²) in [5.74, 6) is -1.00. The van der Waals surface area contributed by atoms with Gasteiger partial charge < -0.3 is 9.84 Å². The van der Waals surface area contributed by atoms with Crippen LogP contribution < -0.4 is 4.74 Å². The van der Waals surface area contributed by atoms with Crippen molar-refractivity contribution >= 4 is 5.97 Å². The summed E-state index contributed by atoms with van der Waals surface area (Å²) in [6, 6.07) is 12.0. The Labute approximate surface area is 142 Å². The third-order valence-corrected chi connectivity index (χ3v) is 3.82. The van der Waals surface area contributed by atoms with Gasteiger partial charge in [0.15, 0.2) is 0 Å². The maximum Gasteiger partial charge on any atom is 0.311 e. The van der Waals surface area contributed by atoms with E-state index in [0.29, 0.717) is 23.7 Å². The first-order valence-electron chi connectivity index (χ1n) is 8.07. The number of aliphatic carboxylic acids is 1. The summed E-state index contributed by atoms with van der Waals surface area (Å²) in [7, 11) is 0. The Bertz CT molecular complexity index is 710. The molecule has 0 spiro atoms. The Morgan fingerprint density at radius 3 is 2.58 bits per heavy atom. The van der Waals surface area contributed by atoms with Crippen LogP contribution in [0.25, 0.3) is 0 Å². The summed E-state index contributed by atoms with van der Waals surface area (Å²) in [6.45, 7) is 6.39. The normalized spacial score (nSPS) is 12.2. The van der Waals surface area contributed by atoms with Gasteiger partial charge in [-0.05, 0) is 54.2 Å². The van der Waals surface area contributed by atoms with Crippen molar-refractivity contribution < 1.29 is 19.0 Å². The molecule has 0 bridgehead atoms. The molecule has 0 aliphatic heterocycles. The van der Waals surface area contributed by atoms with Crippen LogP contribution in [-0.2, 0) is 11.2 Å². The van der Waals surface area contributed by atoms with Crippen molar-refractivity contribution in [1.82, 2.24) is 0 Å². The number of hydrogen-bond donors (Lipinski definition) is 1. The largest absolute Gasteiger partial charge is 0.493 e. The first-order valence-corrected chi connectivity index (χ1v) is 8.07. The van der Waals surface area contributed by atoms with Crippen LogP contribution in [0.15, 0.2) is 42.5 Å². The van der Waals surface area contributed by atoms with Gasteiger partial charge in [0.05, 0.1) is 12.5 Å². The van der Waals surface area contributed by atoms with Crippen LogP contribution in [0.4, 0.5) is 4.39 Å². The highest BCUT2D eigenvalue weighted by Crippen LogP contribution is 2.25. The first kappa shape index (κ1) is 18.0. The number of benzene rings is 2. The number of carboxylic acids is 1. The Kier molecular flexibility index (Phi) is 5.96. The van der Waals surface area contributed by atoms with E-state index in [1.165, 1.54) is 6.07 Å². The summed E-state index contributed by atoms with van der Waals surface area (Å²) in [5.41, 5.74) is 1.83. The second kappa shape index (κ2) is 7.95. The Morgan fingerprint density at radius 1 is 1.21 bits per heavy atom. The van der Waals surface area contributed by atoms with E-state index in [4.69, 9.17) is 4.74 Å². The standard InChI is InChI=1S/C20H23FO3/c1-13(2)12-24-17-6-4-5-15(9-17)10-18(20(22)23)16-8-7-14(3)19(21)11-16/h4-9,11,13,18H,10,12H2,1-3H3,(H,22,23). The van der Waals surface area contributed by atoms with E-state index in [1.54, 1.807) is 19.1 Å². The quantitative estimate of drug-likeness (QED) is 0.808. The molecule has 1 atom stereocenters. The molecule has 2 rings (SSSR count). The molecule has 0 amide bonds. The van der Waals surface area contributed by atoms with Crippen LogP contribution in [0.2, 0.25) is 0 Å². The smallest absolute Gasteiger partial charge is 0.311 e. The molecule has 3 nitrogen and oxygen atoms in total. The fourth-order valence-corrected chi connectivity index (χ4v) is 2.43. The molecule has 24 heavy (non-hydrogen) atoms. The maximum atomic E-state index is 13.8. The lowest BCUT2D eigenvalue weighted by Gasteiger charge is -2.15. The third kappa shape index (κ3) is 4.82. The molecular formula is C20H23FO3. The molecule has 2 aromatic rings. The molecule has 0 radical (unpaired) electrons. The molecule has 4 heteroatoms. The van der Waals surface area contributed by atoms with Crippen LogP contribution in [0, 0.1) is 18.7 Å². The highest BCUT2D eigenvalue weighted by atomic mass is 19.1. The van der Waals surface area contributed by atoms with E-state index in [9.17, 15) is 14.3 Å². The lowest BCUT2D eigenvalue weighted by molar-refractivity contribution is -0.138. The fraction of sp³-hybridized carbons (Fsp3) is 0.350. The van der Waals surface area contributed by atoms with Crippen molar-refractivity contribution in [2.45, 2.75) is 33.1 Å². The van der Waals surface area contributed by atoms with Crippen molar-refractivity contribution in [3.8, 4) is 5.75 Å². The van der Waals surface area contributed by atoms with Gasteiger partial charge in [0, 0.05) is 0 Å². The molecule has 0 aliphatic rings. The van der Waals surface area contributed by atoms with Crippen LogP contribution in [0.3, 0.4) is 0 Å². The number of aryl methyl sites for hydroxylation is 1. The third-order valence-electron chi connectivity index (χ3n) is 3.82. The van der Waals surface area contributed by atoms with E-state index >= 15 is 0 Å². The molecule has 0 aliphatic carbocycles. The molecule has 1 unspecified atom stereocenters. The topological polar surface area (TPSA) is 46.5 Å². The van der Waals surface area contributed by atoms with Crippen molar-refractivity contribution in [3.63, 3.8) is 0 Å². The monoisotopic (exact) mass is 330 g/mol. The summed E-state index contributed by atoms with van der Waals surface area (Å²) < 4.78 is 19.5. The SMILES string of the molecule is Cc1ccc(C(Cc2cccc(OCC(C)C)c2)C(=O)O)cc1F. The van der Waals surface area contributed by atoms with E-state index < -0.39 is 11.9 Å². The zero-order valence-corrected chi connectivity index (χ0v) is 14.3. The van der Waals surface area contributed by atoms with E-state index in [0.717, 1.165) is 11.3 Å². The number of carboxylic acid groups (broad SMARTS) is 1. The molecule has 0 heterocycles. The van der Waals surface area contributed by atoms with Gasteiger partial charge in [-0.15, -0.1) is 0 Å². The zero-order valence-electron chi connectivity index (χ0n) is 14.3. The predicted octanol–water partition coefficient (Wildman–Crippen LogP) is 4.58. The highest BCUT2D eigenvalue weighted by Gasteiger charge is 2.21. The van der Waals surface area contributed by atoms with Crippen molar-refractivity contribution in [2.24, 2.45) is 5.92 Å². The molecule has 0 saturated heterocycles. The lowest BCUT2D eigenvalue weighted by Crippen LogP contribution is -2.15. The molecule has 0 saturated carbocycles. The Hall–Kier alpha value is -2.36. The van der Waals surface area contributed by atoms with E-state index in [1.807, 2.05) is 24.3 Å². The second-order valence-corrected chi connectivity index (χ2v) is 6.46. The van der Waals surface area contributed by atoms with Gasteiger partial charge in [-0.25, -0.2) is 4.39 Å². The minimum absolute atomic E-state index is 0.288. The van der Waals surface area contributed by atoms with Crippen LogP contribution in [0.5, 0.6) is 5.75 Å². The highest BCUT2D eigenvalue weighted by molar-refractivity contribution is 5.76. The molecule has 0 aromatic heterocycles. The Morgan fingerprint density at radius 2 is 1.96 bits per heavy atom. The van der Waals surface area contributed by atoms with Gasteiger partial charge in [-0.1, -0.05) is 38.1 Å². The average molecular weight is 330 g/mol. The van der Waals surface area contributed by atoms with Crippen LogP contribution in [-0.4, -0.2) is 17.7 Å². The zero-order chi connectivity index (χ0) is 17.7. The van der Waals surface area contributed by atoms with Gasteiger partial charge in [0.2, 0.25) is 0 Å². The molecule has 128 valence electrons. The Balaban J connectivity index is 2.20. The summed E-state index contributed by atoms with van der Waals surface area (Å²) in [4.78, 5) is 11.6. The summed E-state index contributed by atoms with van der Waals surface area (Å²) in [6.07, 6.45) is 0.288. The number of ether oxygens (including phenoxy) is 1. The second-order valence-electron chi connectivity index (χ2n) is 6.46. The fourth-order valence-electron chi connectivity index (χ4n) is 2.43. The number of carbonyl (C=O) groups is 1. The summed E-state index contributed by atoms with van der Waals surface area (Å²) >= 11 is 0. The van der Waals surface area contributed by atoms with Crippen LogP contribution >= 0.6 is 0 Å². The number of halogens is 1. The average Bonchev–Trinajstić information content (AvgIpc) is 2.53. The van der Waals surface area contributed by atoms with Crippen molar-refractivity contribution in [3.05, 3.63) is 65.0 Å². The first-order chi connectivity index (χ1) is 11.4. The minimum Gasteiger partial charge on any atom is -0.493 e. The molecule has 1 N–H and O–H groups in total. The summed E-state index contributed by atoms with van der Waals surface area (Å²) in [5, 5.41) is 9.54. The molecule has 0 fully saturated rings. The van der Waals surface area contributed by atoms with Crippen LogP contribution in [0.1, 0.15) is 36.5 Å². The predicted molar refractivity (Wildman–Crippen MR) is 92.0 cm³/mol. The van der Waals surface area contributed by atoms with Crippen molar-refractivity contribution in [1.29, 1.82) is 0 Å². The van der Waals surface area contributed by atoms with Gasteiger partial charge in [-0.2, -0.15) is 0 Å².